The first kappa shape index (κ1) is 22.0. The van der Waals surface area contributed by atoms with Crippen LogP contribution in [0.4, 0.5) is 5.69 Å². The minimum absolute atomic E-state index is 0.000824. The molecule has 0 saturated carbocycles. The summed E-state index contributed by atoms with van der Waals surface area (Å²) in [6, 6.07) is 16.0. The maximum absolute atomic E-state index is 13.2. The van der Waals surface area contributed by atoms with Crippen molar-refractivity contribution in [1.82, 2.24) is 25.1 Å². The Morgan fingerprint density at radius 1 is 1.09 bits per heavy atom. The van der Waals surface area contributed by atoms with Crippen LogP contribution in [0.5, 0.6) is 0 Å². The number of anilines is 1. The topological polar surface area (TPSA) is 93.0 Å². The van der Waals surface area contributed by atoms with Crippen LogP contribution in [0, 0.1) is 5.92 Å². The van der Waals surface area contributed by atoms with Crippen molar-refractivity contribution in [3.8, 4) is 11.4 Å². The zero-order valence-electron chi connectivity index (χ0n) is 17.8. The number of carbonyl (C=O) groups excluding carboxylic acids is 2. The number of halogens is 1. The molecule has 1 aliphatic rings. The first-order valence-corrected chi connectivity index (χ1v) is 11.1. The molecule has 4 rings (SSSR count). The van der Waals surface area contributed by atoms with E-state index >= 15 is 0 Å². The van der Waals surface area contributed by atoms with E-state index in [0.29, 0.717) is 43.2 Å². The Morgan fingerprint density at radius 3 is 2.44 bits per heavy atom. The van der Waals surface area contributed by atoms with E-state index in [0.717, 1.165) is 11.3 Å². The highest BCUT2D eigenvalue weighted by atomic mass is 35.5. The van der Waals surface area contributed by atoms with E-state index in [1.165, 1.54) is 4.80 Å². The van der Waals surface area contributed by atoms with Crippen LogP contribution < -0.4 is 5.32 Å². The smallest absolute Gasteiger partial charge is 0.249 e. The Hall–Kier alpha value is -3.26. The number of benzene rings is 2. The second-order valence-electron chi connectivity index (χ2n) is 7.82. The van der Waals surface area contributed by atoms with Gasteiger partial charge in [0.15, 0.2) is 6.04 Å². The van der Waals surface area contributed by atoms with Crippen molar-refractivity contribution in [3.63, 3.8) is 0 Å². The van der Waals surface area contributed by atoms with Gasteiger partial charge in [-0.1, -0.05) is 36.7 Å². The van der Waals surface area contributed by atoms with Gasteiger partial charge in [0.05, 0.1) is 0 Å². The number of hydrogen-bond donors (Lipinski definition) is 1. The molecule has 8 nitrogen and oxygen atoms in total. The number of nitrogens with one attached hydrogen (secondary N) is 1. The average molecular weight is 453 g/mol. The molecule has 3 aromatic rings. The zero-order valence-corrected chi connectivity index (χ0v) is 18.6. The molecule has 0 radical (unpaired) electrons. The fourth-order valence-electron chi connectivity index (χ4n) is 3.85. The lowest BCUT2D eigenvalue weighted by molar-refractivity contribution is -0.138. The van der Waals surface area contributed by atoms with Crippen LogP contribution in [0.15, 0.2) is 54.6 Å². The Kier molecular flexibility index (Phi) is 6.80. The minimum atomic E-state index is -0.529. The van der Waals surface area contributed by atoms with Crippen LogP contribution in [0.2, 0.25) is 5.02 Å². The molecular formula is C23H25ClN6O2. The highest BCUT2D eigenvalue weighted by Crippen LogP contribution is 2.24. The van der Waals surface area contributed by atoms with E-state index in [1.54, 1.807) is 17.0 Å². The van der Waals surface area contributed by atoms with Crippen LogP contribution in [-0.2, 0) is 9.59 Å². The normalized spacial score (nSPS) is 15.4. The Morgan fingerprint density at radius 2 is 1.78 bits per heavy atom. The molecule has 2 heterocycles. The molecule has 1 atom stereocenters. The number of piperidine rings is 1. The molecule has 2 aromatic carbocycles. The highest BCUT2D eigenvalue weighted by molar-refractivity contribution is 6.30. The predicted octanol–water partition coefficient (Wildman–Crippen LogP) is 3.82. The Balaban J connectivity index is 1.36. The number of nitrogens with zero attached hydrogens (tertiary/aromatic N) is 5. The van der Waals surface area contributed by atoms with E-state index < -0.39 is 6.04 Å². The van der Waals surface area contributed by atoms with Crippen LogP contribution in [0.3, 0.4) is 0 Å². The summed E-state index contributed by atoms with van der Waals surface area (Å²) in [6.45, 7) is 2.98. The van der Waals surface area contributed by atoms with Crippen LogP contribution >= 0.6 is 11.6 Å². The SMILES string of the molecule is CC[C@@H](C(=O)N1CCC(C(=O)Nc2ccccc2)CC1)n1nnc(-c2ccc(Cl)cc2)n1. The van der Waals surface area contributed by atoms with Crippen molar-refractivity contribution in [2.24, 2.45) is 5.92 Å². The fourth-order valence-corrected chi connectivity index (χ4v) is 3.97. The largest absolute Gasteiger partial charge is 0.341 e. The van der Waals surface area contributed by atoms with Crippen LogP contribution in [-0.4, -0.2) is 50.0 Å². The molecule has 1 saturated heterocycles. The summed E-state index contributed by atoms with van der Waals surface area (Å²) in [5.74, 6) is 0.292. The molecule has 2 amide bonds. The number of rotatable bonds is 6. The number of hydrogen-bond acceptors (Lipinski definition) is 5. The molecule has 0 aliphatic carbocycles. The molecule has 1 aromatic heterocycles. The molecule has 1 N–H and O–H groups in total. The second kappa shape index (κ2) is 9.91. The summed E-state index contributed by atoms with van der Waals surface area (Å²) in [4.78, 5) is 28.9. The van der Waals surface area contributed by atoms with Gasteiger partial charge in [0.25, 0.3) is 0 Å². The van der Waals surface area contributed by atoms with E-state index in [1.807, 2.05) is 49.4 Å². The number of aromatic nitrogens is 4. The number of tetrazole rings is 1. The lowest BCUT2D eigenvalue weighted by Gasteiger charge is -2.33. The first-order chi connectivity index (χ1) is 15.5. The second-order valence-corrected chi connectivity index (χ2v) is 8.26. The monoisotopic (exact) mass is 452 g/mol. The number of carbonyl (C=O) groups is 2. The van der Waals surface area contributed by atoms with Gasteiger partial charge in [0.2, 0.25) is 17.6 Å². The molecule has 0 spiro atoms. The lowest BCUT2D eigenvalue weighted by atomic mass is 9.95. The van der Waals surface area contributed by atoms with Gasteiger partial charge in [-0.2, -0.15) is 4.80 Å². The third kappa shape index (κ3) is 4.96. The maximum atomic E-state index is 13.2. The highest BCUT2D eigenvalue weighted by Gasteiger charge is 2.32. The van der Waals surface area contributed by atoms with Crippen LogP contribution in [0.25, 0.3) is 11.4 Å². The number of para-hydroxylation sites is 1. The third-order valence-electron chi connectivity index (χ3n) is 5.70. The van der Waals surface area contributed by atoms with Crippen molar-refractivity contribution in [2.45, 2.75) is 32.2 Å². The minimum Gasteiger partial charge on any atom is -0.341 e. The van der Waals surface area contributed by atoms with Crippen molar-refractivity contribution in [2.75, 3.05) is 18.4 Å². The standard InChI is InChI=1S/C23H25ClN6O2/c1-2-20(30-27-21(26-28-30)16-8-10-18(24)11-9-16)23(32)29-14-12-17(13-15-29)22(31)25-19-6-4-3-5-7-19/h3-11,17,20H,2,12-15H2,1H3,(H,25,31)/t20-/m0/s1. The molecule has 32 heavy (non-hydrogen) atoms. The van der Waals surface area contributed by atoms with E-state index in [4.69, 9.17) is 11.6 Å². The molecule has 166 valence electrons. The Bertz CT molecular complexity index is 1060. The molecule has 1 fully saturated rings. The maximum Gasteiger partial charge on any atom is 0.249 e. The predicted molar refractivity (Wildman–Crippen MR) is 122 cm³/mol. The average Bonchev–Trinajstić information content (AvgIpc) is 3.30. The van der Waals surface area contributed by atoms with E-state index in [2.05, 4.69) is 20.7 Å². The van der Waals surface area contributed by atoms with Crippen molar-refractivity contribution >= 4 is 29.1 Å². The van der Waals surface area contributed by atoms with Gasteiger partial charge < -0.3 is 10.2 Å². The van der Waals surface area contributed by atoms with Gasteiger partial charge in [-0.05, 0) is 60.9 Å². The van der Waals surface area contributed by atoms with E-state index in [-0.39, 0.29) is 17.7 Å². The molecule has 9 heteroatoms. The van der Waals surface area contributed by atoms with Crippen molar-refractivity contribution in [3.05, 3.63) is 59.6 Å². The third-order valence-corrected chi connectivity index (χ3v) is 5.95. The summed E-state index contributed by atoms with van der Waals surface area (Å²) in [5.41, 5.74) is 1.57. The molecular weight excluding hydrogens is 428 g/mol. The summed E-state index contributed by atoms with van der Waals surface area (Å²) >= 11 is 5.94. The summed E-state index contributed by atoms with van der Waals surface area (Å²) < 4.78 is 0. The van der Waals surface area contributed by atoms with Gasteiger partial charge >= 0.3 is 0 Å². The van der Waals surface area contributed by atoms with Gasteiger partial charge in [-0.25, -0.2) is 0 Å². The summed E-state index contributed by atoms with van der Waals surface area (Å²) in [7, 11) is 0. The van der Waals surface area contributed by atoms with Crippen molar-refractivity contribution in [1.29, 1.82) is 0 Å². The molecule has 0 bridgehead atoms. The molecule has 0 unspecified atom stereocenters. The van der Waals surface area contributed by atoms with Gasteiger partial charge in [-0.15, -0.1) is 10.2 Å². The van der Waals surface area contributed by atoms with Crippen molar-refractivity contribution < 1.29 is 9.59 Å². The Labute approximate surface area is 191 Å². The van der Waals surface area contributed by atoms with Gasteiger partial charge in [-0.3, -0.25) is 9.59 Å². The lowest BCUT2D eigenvalue weighted by Crippen LogP contribution is -2.44. The van der Waals surface area contributed by atoms with Crippen LogP contribution in [0.1, 0.15) is 32.2 Å². The fraction of sp³-hybridized carbons (Fsp3) is 0.348. The first-order valence-electron chi connectivity index (χ1n) is 10.7. The van der Waals surface area contributed by atoms with Gasteiger partial charge in [0, 0.05) is 35.3 Å². The molecule has 1 aliphatic heterocycles. The van der Waals surface area contributed by atoms with Gasteiger partial charge in [0.1, 0.15) is 0 Å². The number of amides is 2. The number of likely N-dealkylation sites (tertiary alicyclic amines) is 1. The summed E-state index contributed by atoms with van der Waals surface area (Å²) in [6.07, 6.45) is 1.80. The summed E-state index contributed by atoms with van der Waals surface area (Å²) in [5, 5.41) is 16.2. The quantitative estimate of drug-likeness (QED) is 0.613. The zero-order chi connectivity index (χ0) is 22.5. The van der Waals surface area contributed by atoms with E-state index in [9.17, 15) is 9.59 Å².